The molecule has 0 aliphatic heterocycles. The Morgan fingerprint density at radius 3 is 1.50 bits per heavy atom. The quantitative estimate of drug-likeness (QED) is 0.307. The second kappa shape index (κ2) is 8.14. The first-order valence-electron chi connectivity index (χ1n) is 8.51. The summed E-state index contributed by atoms with van der Waals surface area (Å²) in [6.07, 6.45) is 1.77. The number of hydrogen-bond acceptors (Lipinski definition) is 1. The Balaban J connectivity index is 2.07. The zero-order valence-corrected chi connectivity index (χ0v) is 17.5. The van der Waals surface area contributed by atoms with Gasteiger partial charge in [0.1, 0.15) is 0 Å². The summed E-state index contributed by atoms with van der Waals surface area (Å²) >= 11 is 26.3. The summed E-state index contributed by atoms with van der Waals surface area (Å²) in [6, 6.07) is 22.6. The molecule has 0 N–H and O–H groups in total. The van der Waals surface area contributed by atoms with Crippen LogP contribution in [-0.2, 0) is 0 Å². The van der Waals surface area contributed by atoms with Crippen molar-refractivity contribution >= 4 is 46.4 Å². The monoisotopic (exact) mass is 443 g/mol. The van der Waals surface area contributed by atoms with E-state index in [1.807, 2.05) is 72.8 Å². The second-order valence-electron chi connectivity index (χ2n) is 6.15. The van der Waals surface area contributed by atoms with Gasteiger partial charge in [0.15, 0.2) is 0 Å². The summed E-state index contributed by atoms with van der Waals surface area (Å²) in [4.78, 5) is 4.62. The molecule has 1 aromatic heterocycles. The van der Waals surface area contributed by atoms with Gasteiger partial charge < -0.3 is 0 Å². The lowest BCUT2D eigenvalue weighted by Gasteiger charge is -2.17. The van der Waals surface area contributed by atoms with Gasteiger partial charge in [0.2, 0.25) is 0 Å². The lowest BCUT2D eigenvalue weighted by atomic mass is 9.94. The van der Waals surface area contributed by atoms with E-state index in [4.69, 9.17) is 46.4 Å². The van der Waals surface area contributed by atoms with Crippen molar-refractivity contribution < 1.29 is 0 Å². The van der Waals surface area contributed by atoms with E-state index < -0.39 is 0 Å². The predicted octanol–water partition coefficient (Wildman–Crippen LogP) is 8.70. The van der Waals surface area contributed by atoms with E-state index >= 15 is 0 Å². The van der Waals surface area contributed by atoms with Gasteiger partial charge in [0.05, 0.1) is 15.7 Å². The van der Waals surface area contributed by atoms with Crippen LogP contribution in [0.15, 0.2) is 79.0 Å². The van der Waals surface area contributed by atoms with Crippen molar-refractivity contribution in [1.82, 2.24) is 4.98 Å². The van der Waals surface area contributed by atoms with Gasteiger partial charge in [-0.3, -0.25) is 4.98 Å². The maximum absolute atomic E-state index is 6.91. The van der Waals surface area contributed by atoms with Crippen LogP contribution in [-0.4, -0.2) is 4.98 Å². The summed E-state index contributed by atoms with van der Waals surface area (Å²) in [6.45, 7) is 0. The highest BCUT2D eigenvalue weighted by atomic mass is 35.5. The Morgan fingerprint density at radius 2 is 0.964 bits per heavy atom. The van der Waals surface area contributed by atoms with E-state index in [2.05, 4.69) is 4.98 Å². The first-order chi connectivity index (χ1) is 13.6. The Kier molecular flexibility index (Phi) is 5.61. The number of pyridine rings is 1. The average Bonchev–Trinajstić information content (AvgIpc) is 2.70. The topological polar surface area (TPSA) is 12.9 Å². The molecule has 5 heteroatoms. The molecule has 28 heavy (non-hydrogen) atoms. The maximum Gasteiger partial charge on any atom is 0.0909 e. The molecule has 1 heterocycles. The van der Waals surface area contributed by atoms with Crippen LogP contribution >= 0.6 is 46.4 Å². The van der Waals surface area contributed by atoms with E-state index in [0.29, 0.717) is 25.8 Å². The van der Waals surface area contributed by atoms with Gasteiger partial charge in [-0.1, -0.05) is 101 Å². The zero-order chi connectivity index (χ0) is 19.7. The summed E-state index contributed by atoms with van der Waals surface area (Å²) in [5.41, 5.74) is 4.56. The van der Waals surface area contributed by atoms with Gasteiger partial charge in [-0.15, -0.1) is 0 Å². The van der Waals surface area contributed by atoms with Gasteiger partial charge in [-0.2, -0.15) is 0 Å². The van der Waals surface area contributed by atoms with Gasteiger partial charge in [-0.05, 0) is 18.2 Å². The molecule has 4 aromatic rings. The molecule has 0 aliphatic carbocycles. The Labute approximate surface area is 183 Å². The molecule has 0 atom stereocenters. The molecule has 3 aromatic carbocycles. The van der Waals surface area contributed by atoms with Crippen molar-refractivity contribution in [3.8, 4) is 33.5 Å². The van der Waals surface area contributed by atoms with Gasteiger partial charge in [0.25, 0.3) is 0 Å². The largest absolute Gasteiger partial charge is 0.254 e. The molecule has 0 saturated heterocycles. The molecule has 1 nitrogen and oxygen atoms in total. The molecule has 0 unspecified atom stereocenters. The summed E-state index contributed by atoms with van der Waals surface area (Å²) in [5, 5.41) is 2.25. The molecule has 0 bridgehead atoms. The van der Waals surface area contributed by atoms with Crippen LogP contribution in [0.3, 0.4) is 0 Å². The summed E-state index contributed by atoms with van der Waals surface area (Å²) < 4.78 is 0. The minimum atomic E-state index is 0.471. The molecule has 0 saturated carbocycles. The predicted molar refractivity (Wildman–Crippen MR) is 121 cm³/mol. The van der Waals surface area contributed by atoms with E-state index in [9.17, 15) is 0 Å². The van der Waals surface area contributed by atoms with Gasteiger partial charge in [-0.25, -0.2) is 0 Å². The fourth-order valence-corrected chi connectivity index (χ4v) is 4.19. The van der Waals surface area contributed by atoms with Crippen molar-refractivity contribution in [3.63, 3.8) is 0 Å². The number of aromatic nitrogens is 1. The molecular weight excluding hydrogens is 432 g/mol. The minimum absolute atomic E-state index is 0.471. The zero-order valence-electron chi connectivity index (χ0n) is 14.5. The first-order valence-corrected chi connectivity index (χ1v) is 10.0. The van der Waals surface area contributed by atoms with Crippen LogP contribution in [0.25, 0.3) is 33.5 Å². The third-order valence-corrected chi connectivity index (χ3v) is 5.81. The molecule has 0 spiro atoms. The Morgan fingerprint density at radius 1 is 0.500 bits per heavy atom. The van der Waals surface area contributed by atoms with Gasteiger partial charge in [0, 0.05) is 44.1 Å². The average molecular weight is 445 g/mol. The molecule has 0 fully saturated rings. The Bertz CT molecular complexity index is 1170. The standard InChI is InChI=1S/C23H13Cl4N/c24-18-10-4-1-7-14(18)17-13-28-23(16-9-3-6-12-20(16)26)22(27)21(17)15-8-2-5-11-19(15)25/h1-13H. The van der Waals surface area contributed by atoms with Crippen molar-refractivity contribution in [2.45, 2.75) is 0 Å². The van der Waals surface area contributed by atoms with Crippen LogP contribution in [0.4, 0.5) is 0 Å². The van der Waals surface area contributed by atoms with E-state index in [0.717, 1.165) is 27.8 Å². The first kappa shape index (κ1) is 19.3. The van der Waals surface area contributed by atoms with E-state index in [1.54, 1.807) is 6.20 Å². The number of hydrogen-bond donors (Lipinski definition) is 0. The number of halogens is 4. The van der Waals surface area contributed by atoms with Crippen LogP contribution < -0.4 is 0 Å². The van der Waals surface area contributed by atoms with E-state index in [1.165, 1.54) is 0 Å². The van der Waals surface area contributed by atoms with Crippen molar-refractivity contribution in [2.24, 2.45) is 0 Å². The highest BCUT2D eigenvalue weighted by molar-refractivity contribution is 6.40. The third kappa shape index (κ3) is 3.52. The molecular formula is C23H13Cl4N. The highest BCUT2D eigenvalue weighted by Gasteiger charge is 2.21. The number of nitrogens with zero attached hydrogens (tertiary/aromatic N) is 1. The molecule has 138 valence electrons. The Hall–Kier alpha value is -2.03. The van der Waals surface area contributed by atoms with Crippen molar-refractivity contribution in [2.75, 3.05) is 0 Å². The molecule has 0 radical (unpaired) electrons. The van der Waals surface area contributed by atoms with Gasteiger partial charge >= 0.3 is 0 Å². The summed E-state index contributed by atoms with van der Waals surface area (Å²) in [5.74, 6) is 0. The maximum atomic E-state index is 6.91. The van der Waals surface area contributed by atoms with Crippen molar-refractivity contribution in [1.29, 1.82) is 0 Å². The smallest absolute Gasteiger partial charge is 0.0909 e. The van der Waals surface area contributed by atoms with E-state index in [-0.39, 0.29) is 0 Å². The lowest BCUT2D eigenvalue weighted by molar-refractivity contribution is 1.32. The number of benzene rings is 3. The minimum Gasteiger partial charge on any atom is -0.254 e. The highest BCUT2D eigenvalue weighted by Crippen LogP contribution is 2.46. The summed E-state index contributed by atoms with van der Waals surface area (Å²) in [7, 11) is 0. The third-order valence-electron chi connectivity index (χ3n) is 4.46. The number of rotatable bonds is 3. The van der Waals surface area contributed by atoms with Crippen LogP contribution in [0.1, 0.15) is 0 Å². The lowest BCUT2D eigenvalue weighted by Crippen LogP contribution is -1.95. The second-order valence-corrected chi connectivity index (χ2v) is 7.75. The van der Waals surface area contributed by atoms with Crippen LogP contribution in [0.2, 0.25) is 20.1 Å². The molecule has 0 amide bonds. The fraction of sp³-hybridized carbons (Fsp3) is 0. The normalized spacial score (nSPS) is 10.9. The van der Waals surface area contributed by atoms with Crippen LogP contribution in [0.5, 0.6) is 0 Å². The fourth-order valence-electron chi connectivity index (χ4n) is 3.14. The van der Waals surface area contributed by atoms with Crippen LogP contribution in [0, 0.1) is 0 Å². The molecule has 0 aliphatic rings. The molecule has 4 rings (SSSR count). The van der Waals surface area contributed by atoms with Crippen molar-refractivity contribution in [3.05, 3.63) is 99.1 Å². The SMILES string of the molecule is Clc1ccccc1-c1cnc(-c2ccccc2Cl)c(Cl)c1-c1ccccc1Cl.